The second-order valence-corrected chi connectivity index (χ2v) is 3.37. The molecular weight excluding hydrogens is 268 g/mol. The van der Waals surface area contributed by atoms with Crippen molar-refractivity contribution >= 4 is 18.7 Å². The first-order valence-corrected chi connectivity index (χ1v) is 5.35. The van der Waals surface area contributed by atoms with E-state index >= 15 is 0 Å². The Morgan fingerprint density at radius 2 is 1.65 bits per heavy atom. The number of nitrogens with zero attached hydrogens (tertiary/aromatic N) is 1. The van der Waals surface area contributed by atoms with Gasteiger partial charge in [-0.3, -0.25) is 4.79 Å². The van der Waals surface area contributed by atoms with E-state index in [1.54, 1.807) is 0 Å². The minimum Gasteiger partial charge on any atom is -0.493 e. The lowest BCUT2D eigenvalue weighted by molar-refractivity contribution is 0.0603. The molecule has 108 valence electrons. The molecule has 0 aliphatic rings. The van der Waals surface area contributed by atoms with Gasteiger partial charge in [-0.05, 0) is 18.9 Å². The maximum absolute atomic E-state index is 11.8. The van der Waals surface area contributed by atoms with E-state index in [1.165, 1.54) is 33.5 Å². The molecule has 1 aromatic carbocycles. The molecule has 8 heteroatoms. The van der Waals surface area contributed by atoms with Gasteiger partial charge in [-0.25, -0.2) is 4.79 Å². The van der Waals surface area contributed by atoms with Crippen molar-refractivity contribution in [3.05, 3.63) is 17.7 Å². The van der Waals surface area contributed by atoms with E-state index in [4.69, 9.17) is 14.2 Å². The fourth-order valence-corrected chi connectivity index (χ4v) is 1.39. The van der Waals surface area contributed by atoms with Crippen LogP contribution in [0.5, 0.6) is 17.2 Å². The van der Waals surface area contributed by atoms with Crippen LogP contribution >= 0.6 is 0 Å². The number of amides is 2. The number of hydroxylamine groups is 1. The minimum absolute atomic E-state index is 0.149. The fraction of sp³-hybridized carbons (Fsp3) is 0.250. The van der Waals surface area contributed by atoms with E-state index < -0.39 is 12.0 Å². The van der Waals surface area contributed by atoms with E-state index in [0.717, 1.165) is 0 Å². The fourth-order valence-electron chi connectivity index (χ4n) is 1.39. The molecule has 0 saturated carbocycles. The third-order valence-corrected chi connectivity index (χ3v) is 2.29. The normalized spacial score (nSPS) is 9.35. The third-order valence-electron chi connectivity index (χ3n) is 2.29. The number of benzene rings is 1. The summed E-state index contributed by atoms with van der Waals surface area (Å²) in [5.74, 6) is 0.257. The van der Waals surface area contributed by atoms with Crippen molar-refractivity contribution in [2.24, 2.45) is 4.99 Å². The Morgan fingerprint density at radius 1 is 1.10 bits per heavy atom. The zero-order valence-corrected chi connectivity index (χ0v) is 11.3. The molecule has 0 aromatic heterocycles. The number of ether oxygens (including phenoxy) is 3. The van der Waals surface area contributed by atoms with Crippen LogP contribution in [0.4, 0.5) is 4.79 Å². The summed E-state index contributed by atoms with van der Waals surface area (Å²) in [4.78, 5) is 29.8. The van der Waals surface area contributed by atoms with Gasteiger partial charge in [-0.15, -0.1) is 0 Å². The molecule has 0 fully saturated rings. The number of carbonyl (C=O) groups excluding carboxylic acids is 2. The molecule has 0 radical (unpaired) electrons. The number of rotatable bonds is 4. The highest BCUT2D eigenvalue weighted by Gasteiger charge is 2.17. The second-order valence-electron chi connectivity index (χ2n) is 3.37. The Morgan fingerprint density at radius 3 is 2.05 bits per heavy atom. The van der Waals surface area contributed by atoms with Gasteiger partial charge in [0, 0.05) is 5.56 Å². The van der Waals surface area contributed by atoms with Crippen LogP contribution in [-0.4, -0.2) is 40.0 Å². The molecule has 0 aliphatic heterocycles. The molecule has 1 aromatic rings. The Balaban J connectivity index is 3.03. The van der Waals surface area contributed by atoms with Crippen LogP contribution in [-0.2, 0) is 4.84 Å². The van der Waals surface area contributed by atoms with Crippen molar-refractivity contribution in [2.45, 2.75) is 0 Å². The first kappa shape index (κ1) is 15.3. The number of hydrogen-bond acceptors (Lipinski definition) is 6. The molecule has 0 aliphatic carbocycles. The largest absolute Gasteiger partial charge is 0.493 e. The zero-order valence-electron chi connectivity index (χ0n) is 11.3. The van der Waals surface area contributed by atoms with Gasteiger partial charge in [0.1, 0.15) is 0 Å². The van der Waals surface area contributed by atoms with Crippen LogP contribution in [0, 0.1) is 0 Å². The Hall–Kier alpha value is -2.77. The van der Waals surface area contributed by atoms with Crippen LogP contribution in [0.1, 0.15) is 10.4 Å². The van der Waals surface area contributed by atoms with E-state index in [9.17, 15) is 9.59 Å². The lowest BCUT2D eigenvalue weighted by Gasteiger charge is -2.13. The summed E-state index contributed by atoms with van der Waals surface area (Å²) < 4.78 is 15.3. The summed E-state index contributed by atoms with van der Waals surface area (Å²) in [5.41, 5.74) is 2.06. The predicted octanol–water partition coefficient (Wildman–Crippen LogP) is 1.19. The standard InChI is InChI=1S/C12H14N2O6/c1-13-12(16)20-14-11(15)7-5-8(17-2)10(19-4)9(6-7)18-3/h5-6H,1H2,2-4H3,(H,14,15). The number of hydrogen-bond donors (Lipinski definition) is 1. The van der Waals surface area contributed by atoms with Crippen molar-refractivity contribution in [1.82, 2.24) is 5.48 Å². The van der Waals surface area contributed by atoms with Crippen molar-refractivity contribution in [2.75, 3.05) is 21.3 Å². The summed E-state index contributed by atoms with van der Waals surface area (Å²) >= 11 is 0. The van der Waals surface area contributed by atoms with Gasteiger partial charge < -0.3 is 19.0 Å². The SMILES string of the molecule is C=NC(=O)ONC(=O)c1cc(OC)c(OC)c(OC)c1. The van der Waals surface area contributed by atoms with E-state index in [2.05, 4.69) is 16.5 Å². The van der Waals surface area contributed by atoms with Crippen molar-refractivity contribution < 1.29 is 28.6 Å². The van der Waals surface area contributed by atoms with E-state index in [0.29, 0.717) is 17.2 Å². The Labute approximate surface area is 115 Å². The van der Waals surface area contributed by atoms with Gasteiger partial charge in [0.05, 0.1) is 21.3 Å². The third kappa shape index (κ3) is 3.37. The van der Waals surface area contributed by atoms with Crippen molar-refractivity contribution in [3.63, 3.8) is 0 Å². The molecule has 8 nitrogen and oxygen atoms in total. The quantitative estimate of drug-likeness (QED) is 0.658. The maximum atomic E-state index is 11.8. The number of nitrogens with one attached hydrogen (secondary N) is 1. The molecule has 20 heavy (non-hydrogen) atoms. The smallest absolute Gasteiger partial charge is 0.457 e. The second kappa shape index (κ2) is 6.98. The van der Waals surface area contributed by atoms with Crippen LogP contribution in [0.15, 0.2) is 17.1 Å². The first-order valence-electron chi connectivity index (χ1n) is 5.35. The summed E-state index contributed by atoms with van der Waals surface area (Å²) in [5, 5.41) is 0. The molecular formula is C12H14N2O6. The molecule has 0 saturated heterocycles. The summed E-state index contributed by atoms with van der Waals surface area (Å²) in [7, 11) is 4.28. The Bertz CT molecular complexity index is 504. The van der Waals surface area contributed by atoms with Gasteiger partial charge >= 0.3 is 6.09 Å². The number of methoxy groups -OCH3 is 3. The molecule has 0 unspecified atom stereocenters. The topological polar surface area (TPSA) is 95.5 Å². The summed E-state index contributed by atoms with van der Waals surface area (Å²) in [6.07, 6.45) is -1.02. The van der Waals surface area contributed by atoms with E-state index in [-0.39, 0.29) is 5.56 Å². The van der Waals surface area contributed by atoms with Crippen molar-refractivity contribution in [3.8, 4) is 17.2 Å². The lowest BCUT2D eigenvalue weighted by atomic mass is 10.1. The zero-order chi connectivity index (χ0) is 15.1. The highest BCUT2D eigenvalue weighted by molar-refractivity contribution is 5.95. The number of aliphatic imine (C=N–C) groups is 1. The average Bonchev–Trinajstić information content (AvgIpc) is 2.50. The van der Waals surface area contributed by atoms with Gasteiger partial charge in [-0.1, -0.05) is 0 Å². The first-order chi connectivity index (χ1) is 9.57. The molecule has 0 atom stereocenters. The van der Waals surface area contributed by atoms with E-state index in [1.807, 2.05) is 5.48 Å². The molecule has 0 spiro atoms. The summed E-state index contributed by atoms with van der Waals surface area (Å²) in [6.45, 7) is 2.96. The Kier molecular flexibility index (Phi) is 5.33. The highest BCUT2D eigenvalue weighted by Crippen LogP contribution is 2.38. The van der Waals surface area contributed by atoms with Crippen LogP contribution in [0.25, 0.3) is 0 Å². The lowest BCUT2D eigenvalue weighted by Crippen LogP contribution is -2.25. The maximum Gasteiger partial charge on any atom is 0.457 e. The number of carbonyl (C=O) groups is 2. The highest BCUT2D eigenvalue weighted by atomic mass is 16.7. The van der Waals surface area contributed by atoms with Gasteiger partial charge in [0.2, 0.25) is 5.75 Å². The van der Waals surface area contributed by atoms with Gasteiger partial charge in [0.15, 0.2) is 11.5 Å². The molecule has 1 N–H and O–H groups in total. The molecule has 2 amide bonds. The monoisotopic (exact) mass is 282 g/mol. The van der Waals surface area contributed by atoms with Crippen LogP contribution in [0.3, 0.4) is 0 Å². The predicted molar refractivity (Wildman–Crippen MR) is 69.6 cm³/mol. The molecule has 0 bridgehead atoms. The van der Waals surface area contributed by atoms with Gasteiger partial charge in [-0.2, -0.15) is 10.5 Å². The van der Waals surface area contributed by atoms with Crippen LogP contribution < -0.4 is 19.7 Å². The van der Waals surface area contributed by atoms with Gasteiger partial charge in [0.25, 0.3) is 5.91 Å². The summed E-state index contributed by atoms with van der Waals surface area (Å²) in [6, 6.07) is 2.82. The van der Waals surface area contributed by atoms with Crippen LogP contribution in [0.2, 0.25) is 0 Å². The minimum atomic E-state index is -1.02. The molecule has 1 rings (SSSR count). The van der Waals surface area contributed by atoms with Crippen molar-refractivity contribution in [1.29, 1.82) is 0 Å². The average molecular weight is 282 g/mol. The molecule has 0 heterocycles.